The van der Waals surface area contributed by atoms with Gasteiger partial charge in [-0.3, -0.25) is 0 Å². The first-order valence-electron chi connectivity index (χ1n) is 3.03. The fraction of sp³-hybridized carbons (Fsp3) is 0.143. The van der Waals surface area contributed by atoms with Gasteiger partial charge in [0.1, 0.15) is 0 Å². The van der Waals surface area contributed by atoms with Crippen LogP contribution in [0.4, 0.5) is 0 Å². The third-order valence-electron chi connectivity index (χ3n) is 1.56. The minimum Gasteiger partial charge on any atom is -0.505 e. The molecule has 0 unspecified atom stereocenters. The van der Waals surface area contributed by atoms with E-state index in [0.29, 0.717) is 5.75 Å². The third-order valence-corrected chi connectivity index (χ3v) is 2.68. The van der Waals surface area contributed by atoms with Crippen molar-refractivity contribution in [1.29, 1.82) is 0 Å². The maximum atomic E-state index is 9.20. The monoisotopic (exact) mass is 153 g/mol. The topological polar surface area (TPSA) is 36.0 Å². The van der Waals surface area contributed by atoms with Crippen molar-refractivity contribution in [2.75, 3.05) is 0 Å². The Hall–Kier alpha value is -0.960. The molecule has 2 nitrogen and oxygen atoms in total. The molecule has 0 saturated carbocycles. The van der Waals surface area contributed by atoms with Gasteiger partial charge in [0.15, 0.2) is 5.75 Å². The molecular weight excluding hydrogens is 146 g/mol. The molecule has 0 aromatic carbocycles. The average molecular weight is 153 g/mol. The Bertz CT molecular complexity index is 324. The van der Waals surface area contributed by atoms with Crippen LogP contribution in [-0.2, 0) is 0 Å². The van der Waals surface area contributed by atoms with E-state index in [1.165, 1.54) is 5.56 Å². The largest absolute Gasteiger partial charge is 0.505 e. The Labute approximate surface area is 62.1 Å². The summed E-state index contributed by atoms with van der Waals surface area (Å²) >= 11 is 1.57. The molecule has 2 aromatic heterocycles. The zero-order valence-electron chi connectivity index (χ0n) is 5.51. The second kappa shape index (κ2) is 1.76. The van der Waals surface area contributed by atoms with E-state index < -0.39 is 0 Å². The van der Waals surface area contributed by atoms with Crippen molar-refractivity contribution in [2.24, 2.45) is 0 Å². The van der Waals surface area contributed by atoms with Gasteiger partial charge >= 0.3 is 0 Å². The van der Waals surface area contributed by atoms with Gasteiger partial charge in [-0.1, -0.05) is 0 Å². The summed E-state index contributed by atoms with van der Waals surface area (Å²) < 4.78 is 0.956. The Kier molecular flexibility index (Phi) is 1.02. The SMILES string of the molecule is Cc1csc2c(O)c[nH]c12. The van der Waals surface area contributed by atoms with Crippen molar-refractivity contribution in [1.82, 2.24) is 4.98 Å². The van der Waals surface area contributed by atoms with Gasteiger partial charge in [-0.05, 0) is 17.9 Å². The number of hydrogen-bond donors (Lipinski definition) is 2. The highest BCUT2D eigenvalue weighted by atomic mass is 32.1. The van der Waals surface area contributed by atoms with E-state index in [1.54, 1.807) is 17.5 Å². The van der Waals surface area contributed by atoms with Crippen LogP contribution in [-0.4, -0.2) is 10.1 Å². The first-order valence-corrected chi connectivity index (χ1v) is 3.91. The van der Waals surface area contributed by atoms with Gasteiger partial charge < -0.3 is 10.1 Å². The van der Waals surface area contributed by atoms with Crippen LogP contribution in [0.25, 0.3) is 10.2 Å². The fourth-order valence-corrected chi connectivity index (χ4v) is 1.95. The molecule has 0 aliphatic heterocycles. The van der Waals surface area contributed by atoms with Crippen LogP contribution in [0.5, 0.6) is 5.75 Å². The highest BCUT2D eigenvalue weighted by Crippen LogP contribution is 2.31. The normalized spacial score (nSPS) is 10.9. The summed E-state index contributed by atoms with van der Waals surface area (Å²) in [6, 6.07) is 0. The number of aromatic hydroxyl groups is 1. The zero-order chi connectivity index (χ0) is 7.14. The first-order chi connectivity index (χ1) is 4.79. The molecule has 0 radical (unpaired) electrons. The van der Waals surface area contributed by atoms with Gasteiger partial charge in [-0.2, -0.15) is 0 Å². The van der Waals surface area contributed by atoms with Crippen LogP contribution in [0.15, 0.2) is 11.6 Å². The second-order valence-corrected chi connectivity index (χ2v) is 3.18. The summed E-state index contributed by atoms with van der Waals surface area (Å²) in [4.78, 5) is 3.00. The Morgan fingerprint density at radius 3 is 3.10 bits per heavy atom. The number of H-pyrrole nitrogens is 1. The van der Waals surface area contributed by atoms with Gasteiger partial charge in [0.2, 0.25) is 0 Å². The third kappa shape index (κ3) is 0.580. The first kappa shape index (κ1) is 5.80. The lowest BCUT2D eigenvalue weighted by Gasteiger charge is -1.78. The predicted molar refractivity (Wildman–Crippen MR) is 42.6 cm³/mol. The van der Waals surface area contributed by atoms with E-state index in [1.807, 2.05) is 12.3 Å². The van der Waals surface area contributed by atoms with E-state index >= 15 is 0 Å². The molecule has 2 aromatic rings. The Morgan fingerprint density at radius 1 is 1.60 bits per heavy atom. The van der Waals surface area contributed by atoms with Crippen molar-refractivity contribution < 1.29 is 5.11 Å². The summed E-state index contributed by atoms with van der Waals surface area (Å²) in [6.07, 6.45) is 1.62. The number of hydrogen-bond acceptors (Lipinski definition) is 2. The van der Waals surface area contributed by atoms with Crippen LogP contribution in [0.2, 0.25) is 0 Å². The van der Waals surface area contributed by atoms with Crippen LogP contribution >= 0.6 is 11.3 Å². The summed E-state index contributed by atoms with van der Waals surface area (Å²) in [7, 11) is 0. The smallest absolute Gasteiger partial charge is 0.150 e. The molecule has 0 aliphatic carbocycles. The minimum absolute atomic E-state index is 0.355. The van der Waals surface area contributed by atoms with Crippen LogP contribution in [0.1, 0.15) is 5.56 Å². The molecule has 0 spiro atoms. The van der Waals surface area contributed by atoms with Gasteiger partial charge in [-0.25, -0.2) is 0 Å². The molecule has 0 aliphatic rings. The Balaban J connectivity index is 2.95. The molecule has 0 bridgehead atoms. The second-order valence-electron chi connectivity index (χ2n) is 2.30. The van der Waals surface area contributed by atoms with Crippen molar-refractivity contribution in [3.63, 3.8) is 0 Å². The maximum absolute atomic E-state index is 9.20. The van der Waals surface area contributed by atoms with Crippen molar-refractivity contribution in [3.05, 3.63) is 17.1 Å². The van der Waals surface area contributed by atoms with E-state index in [9.17, 15) is 5.11 Å². The van der Waals surface area contributed by atoms with E-state index in [-0.39, 0.29) is 0 Å². The molecule has 2 heterocycles. The van der Waals surface area contributed by atoms with Gasteiger partial charge in [0.25, 0.3) is 0 Å². The molecule has 0 fully saturated rings. The number of aromatic nitrogens is 1. The summed E-state index contributed by atoms with van der Waals surface area (Å²) in [5.41, 5.74) is 2.25. The molecule has 2 N–H and O–H groups in total. The van der Waals surface area contributed by atoms with Crippen molar-refractivity contribution >= 4 is 21.6 Å². The van der Waals surface area contributed by atoms with E-state index in [0.717, 1.165) is 10.2 Å². The molecule has 0 amide bonds. The van der Waals surface area contributed by atoms with Crippen LogP contribution in [0, 0.1) is 6.92 Å². The number of thiophene rings is 1. The molecule has 0 atom stereocenters. The molecule has 52 valence electrons. The van der Waals surface area contributed by atoms with Crippen LogP contribution < -0.4 is 0 Å². The minimum atomic E-state index is 0.355. The van der Waals surface area contributed by atoms with E-state index in [2.05, 4.69) is 4.98 Å². The average Bonchev–Trinajstić information content (AvgIpc) is 2.41. The number of nitrogens with one attached hydrogen (secondary N) is 1. The predicted octanol–water partition coefficient (Wildman–Crippen LogP) is 2.24. The van der Waals surface area contributed by atoms with Crippen molar-refractivity contribution in [2.45, 2.75) is 6.92 Å². The van der Waals surface area contributed by atoms with Gasteiger partial charge in [0.05, 0.1) is 10.2 Å². The molecule has 2 rings (SSSR count). The number of aryl methyl sites for hydroxylation is 1. The zero-order valence-corrected chi connectivity index (χ0v) is 6.33. The molecule has 10 heavy (non-hydrogen) atoms. The van der Waals surface area contributed by atoms with E-state index in [4.69, 9.17) is 0 Å². The highest BCUT2D eigenvalue weighted by Gasteiger charge is 2.04. The fourth-order valence-electron chi connectivity index (χ4n) is 1.02. The lowest BCUT2D eigenvalue weighted by atomic mass is 10.3. The maximum Gasteiger partial charge on any atom is 0.150 e. The van der Waals surface area contributed by atoms with Gasteiger partial charge in [0, 0.05) is 6.20 Å². The summed E-state index contributed by atoms with van der Waals surface area (Å²) in [5, 5.41) is 11.2. The molecule has 0 saturated heterocycles. The van der Waals surface area contributed by atoms with Gasteiger partial charge in [-0.15, -0.1) is 11.3 Å². The lowest BCUT2D eigenvalue weighted by Crippen LogP contribution is -1.62. The highest BCUT2D eigenvalue weighted by molar-refractivity contribution is 7.17. The molecule has 3 heteroatoms. The number of fused-ring (bicyclic) bond motifs is 1. The number of aromatic amines is 1. The number of rotatable bonds is 0. The lowest BCUT2D eigenvalue weighted by molar-refractivity contribution is 0.482. The molecular formula is C7H7NOS. The van der Waals surface area contributed by atoms with Crippen LogP contribution in [0.3, 0.4) is 0 Å². The van der Waals surface area contributed by atoms with Crippen molar-refractivity contribution in [3.8, 4) is 5.75 Å². The Morgan fingerprint density at radius 2 is 2.40 bits per heavy atom. The summed E-state index contributed by atoms with van der Waals surface area (Å²) in [6.45, 7) is 2.02. The standard InChI is InChI=1S/C7H7NOS/c1-4-3-10-7-5(9)2-8-6(4)7/h2-3,8-9H,1H3. The summed E-state index contributed by atoms with van der Waals surface area (Å²) in [5.74, 6) is 0.355. The quantitative estimate of drug-likeness (QED) is 0.598.